The van der Waals surface area contributed by atoms with Crippen molar-refractivity contribution in [3.05, 3.63) is 46.1 Å². The topological polar surface area (TPSA) is 89.5 Å². The van der Waals surface area contributed by atoms with Crippen molar-refractivity contribution >= 4 is 28.8 Å². The second kappa shape index (κ2) is 9.28. The number of hydrogen-bond acceptors (Lipinski definition) is 8. The smallest absolute Gasteiger partial charge is 0.338 e. The Labute approximate surface area is 191 Å². The van der Waals surface area contributed by atoms with Crippen LogP contribution in [0.4, 0.5) is 0 Å². The third kappa shape index (κ3) is 4.21. The summed E-state index contributed by atoms with van der Waals surface area (Å²) in [5.41, 5.74) is 2.75. The Hall–Kier alpha value is -2.94. The number of nitrogens with zero attached hydrogens (tertiary/aromatic N) is 2. The SMILES string of the molecule is CCC1=C(C(=O)OC)[C@@H](c2ccc(OC)c(OC)c2)N2C(CC(=O)NC3CC3)=CSC2=N1. The van der Waals surface area contributed by atoms with E-state index in [2.05, 4.69) is 5.32 Å². The number of rotatable bonds is 8. The van der Waals surface area contributed by atoms with Crippen LogP contribution in [0.2, 0.25) is 0 Å². The summed E-state index contributed by atoms with van der Waals surface area (Å²) in [5, 5.41) is 5.71. The lowest BCUT2D eigenvalue weighted by atomic mass is 9.92. The molecule has 32 heavy (non-hydrogen) atoms. The van der Waals surface area contributed by atoms with E-state index in [1.165, 1.54) is 18.9 Å². The largest absolute Gasteiger partial charge is 0.493 e. The predicted octanol–water partition coefficient (Wildman–Crippen LogP) is 3.51. The molecule has 2 aliphatic heterocycles. The zero-order valence-corrected chi connectivity index (χ0v) is 19.5. The minimum atomic E-state index is -0.500. The lowest BCUT2D eigenvalue weighted by Crippen LogP contribution is -2.38. The fourth-order valence-electron chi connectivity index (χ4n) is 3.92. The van der Waals surface area contributed by atoms with Crippen molar-refractivity contribution in [1.82, 2.24) is 10.2 Å². The maximum Gasteiger partial charge on any atom is 0.338 e. The van der Waals surface area contributed by atoms with E-state index in [1.54, 1.807) is 14.2 Å². The fraction of sp³-hybridized carbons (Fsp3) is 0.435. The number of benzene rings is 1. The minimum absolute atomic E-state index is 0.0310. The number of carbonyl (C=O) groups is 2. The summed E-state index contributed by atoms with van der Waals surface area (Å²) in [6, 6.07) is 5.35. The second-order valence-electron chi connectivity index (χ2n) is 7.73. The van der Waals surface area contributed by atoms with Gasteiger partial charge in [0.15, 0.2) is 16.7 Å². The maximum absolute atomic E-state index is 12.9. The summed E-state index contributed by atoms with van der Waals surface area (Å²) in [5.74, 6) is 0.676. The van der Waals surface area contributed by atoms with Crippen LogP contribution in [-0.2, 0) is 14.3 Å². The molecule has 0 aromatic heterocycles. The normalized spacial score (nSPS) is 19.8. The molecule has 4 rings (SSSR count). The molecule has 1 amide bonds. The Balaban J connectivity index is 1.78. The molecule has 1 aliphatic carbocycles. The summed E-state index contributed by atoms with van der Waals surface area (Å²) < 4.78 is 16.0. The average molecular weight is 458 g/mol. The third-order valence-electron chi connectivity index (χ3n) is 5.64. The van der Waals surface area contributed by atoms with Gasteiger partial charge in [-0.2, -0.15) is 0 Å². The van der Waals surface area contributed by atoms with Gasteiger partial charge >= 0.3 is 5.97 Å². The average Bonchev–Trinajstić information content (AvgIpc) is 3.54. The molecule has 0 unspecified atom stereocenters. The number of carbonyl (C=O) groups excluding carboxylic acids is 2. The number of aliphatic imine (C=N–C) groups is 1. The maximum atomic E-state index is 12.9. The predicted molar refractivity (Wildman–Crippen MR) is 122 cm³/mol. The first-order valence-corrected chi connectivity index (χ1v) is 11.4. The summed E-state index contributed by atoms with van der Waals surface area (Å²) in [4.78, 5) is 32.2. The van der Waals surface area contributed by atoms with Gasteiger partial charge in [0.1, 0.15) is 0 Å². The first kappa shape index (κ1) is 22.3. The van der Waals surface area contributed by atoms with Gasteiger partial charge < -0.3 is 24.4 Å². The van der Waals surface area contributed by atoms with E-state index in [-0.39, 0.29) is 18.4 Å². The Kier molecular flexibility index (Phi) is 6.45. The van der Waals surface area contributed by atoms with Crippen LogP contribution < -0.4 is 14.8 Å². The number of amides is 1. The van der Waals surface area contributed by atoms with Crippen molar-refractivity contribution in [2.45, 2.75) is 44.7 Å². The van der Waals surface area contributed by atoms with Crippen molar-refractivity contribution in [1.29, 1.82) is 0 Å². The summed E-state index contributed by atoms with van der Waals surface area (Å²) in [6.07, 6.45) is 2.84. The lowest BCUT2D eigenvalue weighted by molar-refractivity contribution is -0.136. The van der Waals surface area contributed by atoms with Gasteiger partial charge in [-0.3, -0.25) is 4.79 Å². The molecule has 170 valence electrons. The molecule has 0 radical (unpaired) electrons. The summed E-state index contributed by atoms with van der Waals surface area (Å²) in [7, 11) is 4.52. The minimum Gasteiger partial charge on any atom is -0.493 e. The zero-order chi connectivity index (χ0) is 22.8. The van der Waals surface area contributed by atoms with Crippen LogP contribution in [0.25, 0.3) is 0 Å². The highest BCUT2D eigenvalue weighted by molar-refractivity contribution is 8.16. The number of methoxy groups -OCH3 is 3. The van der Waals surface area contributed by atoms with Crippen molar-refractivity contribution in [2.75, 3.05) is 21.3 Å². The number of esters is 1. The number of amidine groups is 1. The number of ether oxygens (including phenoxy) is 3. The van der Waals surface area contributed by atoms with Crippen molar-refractivity contribution in [3.8, 4) is 11.5 Å². The Morgan fingerprint density at radius 1 is 1.19 bits per heavy atom. The van der Waals surface area contributed by atoms with Crippen LogP contribution in [0.3, 0.4) is 0 Å². The molecule has 0 bridgehead atoms. The quantitative estimate of drug-likeness (QED) is 0.598. The van der Waals surface area contributed by atoms with Gasteiger partial charge in [0.25, 0.3) is 0 Å². The second-order valence-corrected chi connectivity index (χ2v) is 8.57. The first-order valence-electron chi connectivity index (χ1n) is 10.6. The van der Waals surface area contributed by atoms with E-state index in [0.717, 1.165) is 29.3 Å². The van der Waals surface area contributed by atoms with Crippen molar-refractivity contribution in [2.24, 2.45) is 4.99 Å². The standard InChI is InChI=1S/C23H27N3O5S/c1-5-16-20(22(28)31-4)21(13-6-9-17(29-2)18(10-13)30-3)26-15(12-32-23(26)25-16)11-19(27)24-14-7-8-14/h6,9-10,12,14,21H,5,7-8,11H2,1-4H3,(H,24,27)/t21-/m1/s1. The molecule has 9 heteroatoms. The van der Waals surface area contributed by atoms with Gasteiger partial charge in [-0.15, -0.1) is 0 Å². The highest BCUT2D eigenvalue weighted by Gasteiger charge is 2.42. The van der Waals surface area contributed by atoms with Crippen LogP contribution in [0, 0.1) is 0 Å². The molecular weight excluding hydrogens is 430 g/mol. The molecule has 1 fully saturated rings. The number of allylic oxidation sites excluding steroid dienone is 1. The van der Waals surface area contributed by atoms with Crippen LogP contribution >= 0.6 is 11.8 Å². The van der Waals surface area contributed by atoms with E-state index < -0.39 is 12.0 Å². The Bertz CT molecular complexity index is 1030. The van der Waals surface area contributed by atoms with Crippen LogP contribution in [0.5, 0.6) is 11.5 Å². The monoisotopic (exact) mass is 457 g/mol. The van der Waals surface area contributed by atoms with Gasteiger partial charge in [0.2, 0.25) is 5.91 Å². The third-order valence-corrected chi connectivity index (χ3v) is 6.53. The molecule has 1 N–H and O–H groups in total. The van der Waals surface area contributed by atoms with E-state index in [0.29, 0.717) is 29.2 Å². The van der Waals surface area contributed by atoms with Gasteiger partial charge in [-0.1, -0.05) is 24.8 Å². The van der Waals surface area contributed by atoms with E-state index in [9.17, 15) is 9.59 Å². The van der Waals surface area contributed by atoms with E-state index >= 15 is 0 Å². The molecule has 1 saturated carbocycles. The lowest BCUT2D eigenvalue weighted by Gasteiger charge is -2.36. The number of hydrogen-bond donors (Lipinski definition) is 1. The molecule has 0 spiro atoms. The van der Waals surface area contributed by atoms with Crippen LogP contribution in [0.15, 0.2) is 45.6 Å². The van der Waals surface area contributed by atoms with E-state index in [4.69, 9.17) is 19.2 Å². The molecule has 2 heterocycles. The summed E-state index contributed by atoms with van der Waals surface area (Å²) >= 11 is 1.46. The molecule has 8 nitrogen and oxygen atoms in total. The molecule has 1 aromatic carbocycles. The zero-order valence-electron chi connectivity index (χ0n) is 18.6. The molecule has 1 aromatic rings. The van der Waals surface area contributed by atoms with Gasteiger partial charge in [-0.25, -0.2) is 9.79 Å². The van der Waals surface area contributed by atoms with E-state index in [1.807, 2.05) is 35.4 Å². The molecular formula is C23H27N3O5S. The number of fused-ring (bicyclic) bond motifs is 1. The highest BCUT2D eigenvalue weighted by Crippen LogP contribution is 2.46. The summed E-state index contributed by atoms with van der Waals surface area (Å²) in [6.45, 7) is 1.96. The number of nitrogens with one attached hydrogen (secondary N) is 1. The Morgan fingerprint density at radius 2 is 1.94 bits per heavy atom. The van der Waals surface area contributed by atoms with Crippen molar-refractivity contribution < 1.29 is 23.8 Å². The highest BCUT2D eigenvalue weighted by atomic mass is 32.2. The van der Waals surface area contributed by atoms with Gasteiger partial charge in [-0.05, 0) is 42.4 Å². The van der Waals surface area contributed by atoms with Gasteiger partial charge in [0, 0.05) is 11.7 Å². The number of thioether (sulfide) groups is 1. The first-order chi connectivity index (χ1) is 15.5. The Morgan fingerprint density at radius 3 is 2.56 bits per heavy atom. The van der Waals surface area contributed by atoms with Gasteiger partial charge in [0.05, 0.1) is 45.1 Å². The fourth-order valence-corrected chi connectivity index (χ4v) is 4.86. The molecule has 3 aliphatic rings. The molecule has 0 saturated heterocycles. The van der Waals surface area contributed by atoms with Crippen molar-refractivity contribution in [3.63, 3.8) is 0 Å². The van der Waals surface area contributed by atoms with Crippen LogP contribution in [0.1, 0.15) is 44.2 Å². The molecule has 1 atom stereocenters. The van der Waals surface area contributed by atoms with Crippen LogP contribution in [-0.4, -0.2) is 49.3 Å².